The Bertz CT molecular complexity index is 355. The molecule has 0 fully saturated rings. The Morgan fingerprint density at radius 3 is 2.87 bits per heavy atom. The minimum atomic E-state index is -0.152. The number of hydrogen-bond donors (Lipinski definition) is 1. The van der Waals surface area contributed by atoms with Crippen LogP contribution in [0.4, 0.5) is 0 Å². The van der Waals surface area contributed by atoms with Crippen LogP contribution in [0.15, 0.2) is 22.7 Å². The first-order chi connectivity index (χ1) is 7.19. The Morgan fingerprint density at radius 2 is 2.27 bits per heavy atom. The van der Waals surface area contributed by atoms with Gasteiger partial charge in [-0.25, -0.2) is 0 Å². The largest absolute Gasteiger partial charge is 0.492 e. The standard InChI is InChI=1S/C10H11Br2NO2/c1-13-10(14)8-6-7(12)2-3-9(8)15-5-4-11/h2-3,6H,4-5H2,1H3,(H,13,14). The highest BCUT2D eigenvalue weighted by molar-refractivity contribution is 9.10. The van der Waals surface area contributed by atoms with Gasteiger partial charge < -0.3 is 10.1 Å². The predicted octanol–water partition coefficient (Wildman–Crippen LogP) is 2.58. The number of rotatable bonds is 4. The number of hydrogen-bond acceptors (Lipinski definition) is 2. The van der Waals surface area contributed by atoms with E-state index in [-0.39, 0.29) is 5.91 Å². The summed E-state index contributed by atoms with van der Waals surface area (Å²) >= 11 is 6.58. The molecular weight excluding hydrogens is 326 g/mol. The molecule has 5 heteroatoms. The molecule has 0 atom stereocenters. The summed E-state index contributed by atoms with van der Waals surface area (Å²) in [6.45, 7) is 0.533. The average molecular weight is 337 g/mol. The molecule has 0 heterocycles. The van der Waals surface area contributed by atoms with Crippen LogP contribution in [0.1, 0.15) is 10.4 Å². The van der Waals surface area contributed by atoms with Gasteiger partial charge in [0.25, 0.3) is 5.91 Å². The smallest absolute Gasteiger partial charge is 0.254 e. The van der Waals surface area contributed by atoms with Gasteiger partial charge in [0.05, 0.1) is 12.2 Å². The van der Waals surface area contributed by atoms with Crippen molar-refractivity contribution in [3.05, 3.63) is 28.2 Å². The molecule has 0 saturated carbocycles. The molecule has 1 aromatic carbocycles. The zero-order valence-corrected chi connectivity index (χ0v) is 11.4. The predicted molar refractivity (Wildman–Crippen MR) is 66.8 cm³/mol. The molecule has 1 rings (SSSR count). The van der Waals surface area contributed by atoms with Crippen LogP contribution in [0, 0.1) is 0 Å². The number of carbonyl (C=O) groups excluding carboxylic acids is 1. The molecule has 1 N–H and O–H groups in total. The van der Waals surface area contributed by atoms with Crippen LogP contribution in [-0.2, 0) is 0 Å². The number of alkyl halides is 1. The fourth-order valence-corrected chi connectivity index (χ4v) is 1.61. The zero-order chi connectivity index (χ0) is 11.3. The highest BCUT2D eigenvalue weighted by Gasteiger charge is 2.11. The van der Waals surface area contributed by atoms with E-state index in [0.29, 0.717) is 17.9 Å². The van der Waals surface area contributed by atoms with Gasteiger partial charge in [-0.2, -0.15) is 0 Å². The normalized spacial score (nSPS) is 9.80. The molecule has 1 aromatic rings. The Morgan fingerprint density at radius 1 is 1.53 bits per heavy atom. The van der Waals surface area contributed by atoms with Gasteiger partial charge in [-0.3, -0.25) is 4.79 Å². The summed E-state index contributed by atoms with van der Waals surface area (Å²) < 4.78 is 6.29. The van der Waals surface area contributed by atoms with E-state index in [9.17, 15) is 4.79 Å². The summed E-state index contributed by atoms with van der Waals surface area (Å²) in [5.41, 5.74) is 0.535. The number of benzene rings is 1. The van der Waals surface area contributed by atoms with E-state index in [2.05, 4.69) is 37.2 Å². The van der Waals surface area contributed by atoms with Crippen LogP contribution < -0.4 is 10.1 Å². The lowest BCUT2D eigenvalue weighted by Crippen LogP contribution is -2.19. The molecular formula is C10H11Br2NO2. The van der Waals surface area contributed by atoms with Crippen LogP contribution in [0.25, 0.3) is 0 Å². The summed E-state index contributed by atoms with van der Waals surface area (Å²) in [4.78, 5) is 11.5. The number of halogens is 2. The molecule has 15 heavy (non-hydrogen) atoms. The highest BCUT2D eigenvalue weighted by Crippen LogP contribution is 2.23. The van der Waals surface area contributed by atoms with Crippen molar-refractivity contribution in [2.45, 2.75) is 0 Å². The monoisotopic (exact) mass is 335 g/mol. The first-order valence-electron chi connectivity index (χ1n) is 4.39. The van der Waals surface area contributed by atoms with Crippen LogP contribution in [0.2, 0.25) is 0 Å². The maximum Gasteiger partial charge on any atom is 0.254 e. The number of nitrogens with one attached hydrogen (secondary N) is 1. The molecule has 0 aromatic heterocycles. The van der Waals surface area contributed by atoms with Crippen LogP contribution in [0.3, 0.4) is 0 Å². The summed E-state index contributed by atoms with van der Waals surface area (Å²) in [7, 11) is 1.59. The molecule has 0 saturated heterocycles. The molecule has 3 nitrogen and oxygen atoms in total. The molecule has 0 aliphatic rings. The van der Waals surface area contributed by atoms with Crippen molar-refractivity contribution in [3.8, 4) is 5.75 Å². The Labute approximate surface area is 105 Å². The second-order valence-corrected chi connectivity index (χ2v) is 4.47. The van der Waals surface area contributed by atoms with E-state index in [4.69, 9.17) is 4.74 Å². The topological polar surface area (TPSA) is 38.3 Å². The third-order valence-electron chi connectivity index (χ3n) is 1.75. The summed E-state index contributed by atoms with van der Waals surface area (Å²) in [5, 5.41) is 3.31. The van der Waals surface area contributed by atoms with Crippen molar-refractivity contribution in [2.24, 2.45) is 0 Å². The van der Waals surface area contributed by atoms with Crippen molar-refractivity contribution in [1.82, 2.24) is 5.32 Å². The van der Waals surface area contributed by atoms with Crippen molar-refractivity contribution >= 4 is 37.8 Å². The van der Waals surface area contributed by atoms with E-state index in [1.807, 2.05) is 6.07 Å². The van der Waals surface area contributed by atoms with Gasteiger partial charge in [-0.1, -0.05) is 31.9 Å². The quantitative estimate of drug-likeness (QED) is 0.858. The van der Waals surface area contributed by atoms with Gasteiger partial charge in [-0.15, -0.1) is 0 Å². The maximum absolute atomic E-state index is 11.5. The molecule has 0 spiro atoms. The van der Waals surface area contributed by atoms with Gasteiger partial charge in [0, 0.05) is 16.9 Å². The van der Waals surface area contributed by atoms with Crippen molar-refractivity contribution in [3.63, 3.8) is 0 Å². The Kier molecular flexibility index (Phi) is 5.11. The SMILES string of the molecule is CNC(=O)c1cc(Br)ccc1OCCBr. The summed E-state index contributed by atoms with van der Waals surface area (Å²) in [6, 6.07) is 5.36. The first-order valence-corrected chi connectivity index (χ1v) is 6.31. The molecule has 0 aliphatic heterocycles. The Hall–Kier alpha value is -0.550. The lowest BCUT2D eigenvalue weighted by atomic mass is 10.2. The van der Waals surface area contributed by atoms with E-state index in [1.165, 1.54) is 0 Å². The van der Waals surface area contributed by atoms with Gasteiger partial charge in [0.1, 0.15) is 5.75 Å². The zero-order valence-electron chi connectivity index (χ0n) is 8.22. The fraction of sp³-hybridized carbons (Fsp3) is 0.300. The minimum Gasteiger partial charge on any atom is -0.492 e. The molecule has 0 bridgehead atoms. The van der Waals surface area contributed by atoms with Crippen molar-refractivity contribution in [2.75, 3.05) is 19.0 Å². The Balaban J connectivity index is 2.97. The minimum absolute atomic E-state index is 0.152. The number of amides is 1. The van der Waals surface area contributed by atoms with Crippen molar-refractivity contribution in [1.29, 1.82) is 0 Å². The summed E-state index contributed by atoms with van der Waals surface area (Å²) in [5.74, 6) is 0.442. The molecule has 0 aliphatic carbocycles. The highest BCUT2D eigenvalue weighted by atomic mass is 79.9. The fourth-order valence-electron chi connectivity index (χ4n) is 1.09. The van der Waals surface area contributed by atoms with Gasteiger partial charge in [-0.05, 0) is 18.2 Å². The van der Waals surface area contributed by atoms with E-state index < -0.39 is 0 Å². The van der Waals surface area contributed by atoms with Crippen LogP contribution in [-0.4, -0.2) is 24.9 Å². The van der Waals surface area contributed by atoms with Gasteiger partial charge >= 0.3 is 0 Å². The molecule has 1 amide bonds. The molecule has 0 unspecified atom stereocenters. The van der Waals surface area contributed by atoms with E-state index >= 15 is 0 Å². The van der Waals surface area contributed by atoms with Crippen LogP contribution in [0.5, 0.6) is 5.75 Å². The third kappa shape index (κ3) is 3.50. The third-order valence-corrected chi connectivity index (χ3v) is 2.57. The van der Waals surface area contributed by atoms with Gasteiger partial charge in [0.2, 0.25) is 0 Å². The van der Waals surface area contributed by atoms with Crippen molar-refractivity contribution < 1.29 is 9.53 Å². The number of ether oxygens (including phenoxy) is 1. The lowest BCUT2D eigenvalue weighted by Gasteiger charge is -2.09. The van der Waals surface area contributed by atoms with Gasteiger partial charge in [0.15, 0.2) is 0 Å². The second-order valence-electron chi connectivity index (χ2n) is 2.76. The average Bonchev–Trinajstić information content (AvgIpc) is 2.26. The summed E-state index contributed by atoms with van der Waals surface area (Å²) in [6.07, 6.45) is 0. The molecule has 0 radical (unpaired) electrons. The first kappa shape index (κ1) is 12.5. The van der Waals surface area contributed by atoms with Crippen LogP contribution >= 0.6 is 31.9 Å². The molecule has 82 valence electrons. The lowest BCUT2D eigenvalue weighted by molar-refractivity contribution is 0.0959. The van der Waals surface area contributed by atoms with E-state index in [1.54, 1.807) is 19.2 Å². The van der Waals surface area contributed by atoms with E-state index in [0.717, 1.165) is 9.80 Å². The number of carbonyl (C=O) groups is 1. The maximum atomic E-state index is 11.5. The second kappa shape index (κ2) is 6.12.